The normalized spacial score (nSPS) is 12.0. The van der Waals surface area contributed by atoms with Crippen molar-refractivity contribution < 1.29 is 36.1 Å². The van der Waals surface area contributed by atoms with Gasteiger partial charge < -0.3 is 36.4 Å². The lowest BCUT2D eigenvalue weighted by molar-refractivity contribution is 0.0773. The molecule has 0 aliphatic carbocycles. The number of nitrogens with zero attached hydrogens (tertiary/aromatic N) is 3. The van der Waals surface area contributed by atoms with E-state index in [1.165, 1.54) is 0 Å². The zero-order valence-corrected chi connectivity index (χ0v) is 23.6. The average molecular weight is 518 g/mol. The third kappa shape index (κ3) is 8.20. The fourth-order valence-corrected chi connectivity index (χ4v) is 6.85. The zero-order chi connectivity index (χ0) is 25.8. The molecular formula is C21H39N3O8Si2. The Morgan fingerprint density at radius 1 is 0.706 bits per heavy atom. The van der Waals surface area contributed by atoms with E-state index in [4.69, 9.17) is 26.6 Å². The van der Waals surface area contributed by atoms with Crippen LogP contribution in [0.3, 0.4) is 0 Å². The molecule has 13 heteroatoms. The number of hydrogen-bond acceptors (Lipinski definition) is 9. The Bertz CT molecular complexity index is 702. The average Bonchev–Trinajstić information content (AvgIpc) is 2.88. The standard InChI is InChI=1S/C21H39N3O8Si2/c1-23(14-10-16-33(27-3,28-4)29-5)20(25)18-12-9-13-19(22-18)21(26)24(2)15-11-17-34(30-6,31-7)32-8/h9,12-13H,10-11,14-17H2,1-8H3. The van der Waals surface area contributed by atoms with Gasteiger partial charge in [-0.3, -0.25) is 9.59 Å². The smallest absolute Gasteiger partial charge is 0.377 e. The van der Waals surface area contributed by atoms with E-state index in [0.29, 0.717) is 38.0 Å². The molecule has 11 nitrogen and oxygen atoms in total. The molecule has 1 aromatic heterocycles. The van der Waals surface area contributed by atoms with Crippen molar-refractivity contribution >= 4 is 29.4 Å². The lowest BCUT2D eigenvalue weighted by Gasteiger charge is -2.25. The Hall–Kier alpha value is -1.72. The Balaban J connectivity index is 2.72. The lowest BCUT2D eigenvalue weighted by Crippen LogP contribution is -2.43. The highest BCUT2D eigenvalue weighted by Gasteiger charge is 2.38. The summed E-state index contributed by atoms with van der Waals surface area (Å²) in [6, 6.07) is 6.01. The summed E-state index contributed by atoms with van der Waals surface area (Å²) >= 11 is 0. The van der Waals surface area contributed by atoms with Crippen LogP contribution in [0.2, 0.25) is 12.1 Å². The number of amides is 2. The van der Waals surface area contributed by atoms with Gasteiger partial charge in [-0.2, -0.15) is 0 Å². The van der Waals surface area contributed by atoms with E-state index < -0.39 is 17.6 Å². The van der Waals surface area contributed by atoms with Crippen LogP contribution in [0.25, 0.3) is 0 Å². The van der Waals surface area contributed by atoms with Crippen molar-refractivity contribution in [2.75, 3.05) is 69.8 Å². The van der Waals surface area contributed by atoms with Crippen LogP contribution in [0.5, 0.6) is 0 Å². The molecule has 34 heavy (non-hydrogen) atoms. The highest BCUT2D eigenvalue weighted by Crippen LogP contribution is 2.17. The topological polar surface area (TPSA) is 109 Å². The van der Waals surface area contributed by atoms with Crippen LogP contribution in [0.1, 0.15) is 33.8 Å². The zero-order valence-electron chi connectivity index (χ0n) is 21.6. The molecule has 194 valence electrons. The van der Waals surface area contributed by atoms with E-state index >= 15 is 0 Å². The van der Waals surface area contributed by atoms with Gasteiger partial charge in [0.25, 0.3) is 11.8 Å². The maximum atomic E-state index is 12.9. The third-order valence-corrected chi connectivity index (χ3v) is 11.4. The molecule has 0 N–H and O–H groups in total. The molecule has 0 aromatic carbocycles. The van der Waals surface area contributed by atoms with Crippen LogP contribution in [-0.2, 0) is 26.6 Å². The van der Waals surface area contributed by atoms with Crippen molar-refractivity contribution in [3.8, 4) is 0 Å². The molecule has 1 aromatic rings. The number of hydrogen-bond donors (Lipinski definition) is 0. The Morgan fingerprint density at radius 2 is 1.03 bits per heavy atom. The number of aromatic nitrogens is 1. The van der Waals surface area contributed by atoms with E-state index in [1.54, 1.807) is 84.8 Å². The Labute approximate surface area is 205 Å². The van der Waals surface area contributed by atoms with Crippen LogP contribution < -0.4 is 0 Å². The first-order valence-corrected chi connectivity index (χ1v) is 14.8. The monoisotopic (exact) mass is 517 g/mol. The van der Waals surface area contributed by atoms with E-state index in [1.807, 2.05) is 0 Å². The Kier molecular flexibility index (Phi) is 13.0. The van der Waals surface area contributed by atoms with E-state index in [-0.39, 0.29) is 23.2 Å². The molecule has 2 amide bonds. The lowest BCUT2D eigenvalue weighted by atomic mass is 10.2. The summed E-state index contributed by atoms with van der Waals surface area (Å²) in [6.45, 7) is 0.932. The second-order valence-electron chi connectivity index (χ2n) is 7.66. The molecule has 0 radical (unpaired) electrons. The van der Waals surface area contributed by atoms with Gasteiger partial charge in [-0.15, -0.1) is 0 Å². The quantitative estimate of drug-likeness (QED) is 0.303. The second kappa shape index (κ2) is 14.6. The fraction of sp³-hybridized carbons (Fsp3) is 0.667. The van der Waals surface area contributed by atoms with Crippen molar-refractivity contribution in [1.82, 2.24) is 14.8 Å². The summed E-state index contributed by atoms with van der Waals surface area (Å²) in [4.78, 5) is 33.1. The summed E-state index contributed by atoms with van der Waals surface area (Å²) in [7, 11) is 7.35. The molecule has 0 saturated heterocycles. The van der Waals surface area contributed by atoms with E-state index in [9.17, 15) is 9.59 Å². The van der Waals surface area contributed by atoms with Gasteiger partial charge in [0.15, 0.2) is 0 Å². The van der Waals surface area contributed by atoms with Gasteiger partial charge in [-0.1, -0.05) is 6.07 Å². The fourth-order valence-electron chi connectivity index (χ4n) is 3.44. The van der Waals surface area contributed by atoms with E-state index in [0.717, 1.165) is 0 Å². The summed E-state index contributed by atoms with van der Waals surface area (Å²) in [5.74, 6) is -0.541. The highest BCUT2D eigenvalue weighted by atomic mass is 28.4. The highest BCUT2D eigenvalue weighted by molar-refractivity contribution is 6.60. The predicted octanol–water partition coefficient (Wildman–Crippen LogP) is 1.76. The number of rotatable bonds is 16. The minimum absolute atomic E-state index is 0.208. The molecule has 1 rings (SSSR count). The summed E-state index contributed by atoms with van der Waals surface area (Å²) in [6.07, 6.45) is 1.28. The van der Waals surface area contributed by atoms with Crippen molar-refractivity contribution in [2.45, 2.75) is 24.9 Å². The molecule has 0 unspecified atom stereocenters. The van der Waals surface area contributed by atoms with Crippen molar-refractivity contribution in [1.29, 1.82) is 0 Å². The van der Waals surface area contributed by atoms with Crippen LogP contribution in [-0.4, -0.2) is 114 Å². The maximum Gasteiger partial charge on any atom is 0.500 e. The van der Waals surface area contributed by atoms with Gasteiger partial charge in [0.2, 0.25) is 0 Å². The first-order valence-electron chi connectivity index (χ1n) is 11.0. The van der Waals surface area contributed by atoms with Crippen LogP contribution in [0.4, 0.5) is 0 Å². The third-order valence-electron chi connectivity index (χ3n) is 5.70. The van der Waals surface area contributed by atoms with E-state index in [2.05, 4.69) is 4.98 Å². The second-order valence-corrected chi connectivity index (χ2v) is 13.8. The van der Waals surface area contributed by atoms with Gasteiger partial charge in [-0.25, -0.2) is 4.98 Å². The van der Waals surface area contributed by atoms with Gasteiger partial charge in [0.1, 0.15) is 11.4 Å². The van der Waals surface area contributed by atoms with Crippen LogP contribution in [0.15, 0.2) is 18.2 Å². The molecule has 0 fully saturated rings. The minimum Gasteiger partial charge on any atom is -0.377 e. The Morgan fingerprint density at radius 3 is 1.32 bits per heavy atom. The van der Waals surface area contributed by atoms with Gasteiger partial charge in [-0.05, 0) is 25.0 Å². The van der Waals surface area contributed by atoms with Gasteiger partial charge >= 0.3 is 17.6 Å². The predicted molar refractivity (Wildman–Crippen MR) is 131 cm³/mol. The number of carbonyl (C=O) groups excluding carboxylic acids is 2. The number of pyridine rings is 1. The summed E-state index contributed by atoms with van der Waals surface area (Å²) < 4.78 is 32.5. The number of carbonyl (C=O) groups is 2. The van der Waals surface area contributed by atoms with Crippen LogP contribution >= 0.6 is 0 Å². The maximum absolute atomic E-state index is 12.9. The SMILES string of the molecule is CO[Si](CCCN(C)C(=O)c1cccc(C(=O)N(C)CCC[Si](OC)(OC)OC)n1)(OC)OC. The van der Waals surface area contributed by atoms with Crippen LogP contribution in [0, 0.1) is 0 Å². The first-order chi connectivity index (χ1) is 16.2. The molecule has 1 heterocycles. The molecule has 0 aliphatic rings. The van der Waals surface area contributed by atoms with Gasteiger partial charge in [0.05, 0.1) is 0 Å². The summed E-state index contributed by atoms with van der Waals surface area (Å²) in [5.41, 5.74) is 0.417. The van der Waals surface area contributed by atoms with Gasteiger partial charge in [0, 0.05) is 81.9 Å². The molecule has 0 spiro atoms. The summed E-state index contributed by atoms with van der Waals surface area (Å²) in [5, 5.41) is 0. The van der Waals surface area contributed by atoms with Crippen molar-refractivity contribution in [3.63, 3.8) is 0 Å². The van der Waals surface area contributed by atoms with Crippen molar-refractivity contribution in [2.24, 2.45) is 0 Å². The molecule has 0 saturated carbocycles. The molecular weight excluding hydrogens is 478 g/mol. The molecule has 0 aliphatic heterocycles. The minimum atomic E-state index is -2.69. The largest absolute Gasteiger partial charge is 0.500 e. The molecule has 0 bridgehead atoms. The van der Waals surface area contributed by atoms with Crippen molar-refractivity contribution in [3.05, 3.63) is 29.6 Å². The molecule has 0 atom stereocenters. The first kappa shape index (κ1) is 30.3.